The van der Waals surface area contributed by atoms with Gasteiger partial charge in [-0.2, -0.15) is 0 Å². The molecule has 128 valence electrons. The fraction of sp³-hybridized carbons (Fsp3) is 0.368. The summed E-state index contributed by atoms with van der Waals surface area (Å²) in [5.41, 5.74) is 2.11. The Kier molecular flexibility index (Phi) is 11.3. The maximum Gasteiger partial charge on any atom is 0.213 e. The van der Waals surface area contributed by atoms with E-state index in [1.54, 1.807) is 19.1 Å². The topological polar surface area (TPSA) is 40.5 Å². The largest absolute Gasteiger partial charge is 0.343 e. The second-order valence-electron chi connectivity index (χ2n) is 5.25. The van der Waals surface area contributed by atoms with Crippen LogP contribution in [0.5, 0.6) is 0 Å². The number of hydrogen-bond acceptors (Lipinski definition) is 2. The predicted molar refractivity (Wildman–Crippen MR) is 103 cm³/mol. The molecule has 0 aromatic carbocycles. The zero-order valence-electron chi connectivity index (χ0n) is 14.6. The van der Waals surface area contributed by atoms with E-state index in [1.807, 2.05) is 55.2 Å². The highest BCUT2D eigenvalue weighted by Crippen LogP contribution is 2.40. The Morgan fingerprint density at radius 1 is 1.04 bits per heavy atom. The van der Waals surface area contributed by atoms with Gasteiger partial charge in [0.15, 0.2) is 0 Å². The lowest BCUT2D eigenvalue weighted by molar-refractivity contribution is 0.352. The first-order valence-corrected chi connectivity index (χ1v) is 9.87. The first-order valence-electron chi connectivity index (χ1n) is 7.84. The molecule has 0 aliphatic carbocycles. The zero-order valence-corrected chi connectivity index (χ0v) is 15.5. The number of nitrogens with zero attached hydrogens (tertiary/aromatic N) is 1. The lowest BCUT2D eigenvalue weighted by atomic mass is 10.1. The molecule has 1 unspecified atom stereocenters. The van der Waals surface area contributed by atoms with Gasteiger partial charge in [-0.3, -0.25) is 9.46 Å². The zero-order chi connectivity index (χ0) is 17.7. The summed E-state index contributed by atoms with van der Waals surface area (Å²) in [5, 5.41) is 0. The van der Waals surface area contributed by atoms with E-state index in [9.17, 15) is 9.46 Å². The minimum absolute atomic E-state index is 0.168. The van der Waals surface area contributed by atoms with Gasteiger partial charge in [-0.05, 0) is 25.0 Å². The summed E-state index contributed by atoms with van der Waals surface area (Å²) in [5.74, 6) is 0. The van der Waals surface area contributed by atoms with Crippen molar-refractivity contribution in [3.8, 4) is 0 Å². The molecule has 0 radical (unpaired) electrons. The van der Waals surface area contributed by atoms with Crippen LogP contribution in [0.4, 0.5) is 0 Å². The lowest BCUT2D eigenvalue weighted by Crippen LogP contribution is -2.29. The van der Waals surface area contributed by atoms with Gasteiger partial charge in [0.2, 0.25) is 7.37 Å². The van der Waals surface area contributed by atoms with Crippen LogP contribution in [-0.2, 0) is 4.57 Å². The van der Waals surface area contributed by atoms with Crippen molar-refractivity contribution in [2.75, 3.05) is 25.5 Å². The quantitative estimate of drug-likeness (QED) is 0.431. The monoisotopic (exact) mass is 335 g/mol. The van der Waals surface area contributed by atoms with E-state index in [0.29, 0.717) is 13.1 Å². The molecule has 1 atom stereocenters. The van der Waals surface area contributed by atoms with Crippen LogP contribution in [0, 0.1) is 0 Å². The fourth-order valence-electron chi connectivity index (χ4n) is 2.14. The highest BCUT2D eigenvalue weighted by atomic mass is 31.2. The molecule has 0 aliphatic rings. The highest BCUT2D eigenvalue weighted by Gasteiger charge is 2.21. The molecule has 1 N–H and O–H groups in total. The van der Waals surface area contributed by atoms with Crippen LogP contribution in [-0.4, -0.2) is 35.3 Å². The third-order valence-electron chi connectivity index (χ3n) is 3.15. The Morgan fingerprint density at radius 2 is 1.48 bits per heavy atom. The molecule has 0 bridgehead atoms. The summed E-state index contributed by atoms with van der Waals surface area (Å²) < 4.78 is 12.2. The van der Waals surface area contributed by atoms with Gasteiger partial charge in [0.1, 0.15) is 0 Å². The first kappa shape index (κ1) is 21.6. The van der Waals surface area contributed by atoms with Crippen molar-refractivity contribution >= 4 is 7.37 Å². The first-order chi connectivity index (χ1) is 10.9. The third-order valence-corrected chi connectivity index (χ3v) is 4.98. The second kappa shape index (κ2) is 12.1. The van der Waals surface area contributed by atoms with Gasteiger partial charge in [-0.15, -0.1) is 0 Å². The molecule has 0 heterocycles. The smallest absolute Gasteiger partial charge is 0.213 e. The Hall–Kier alpha value is -1.41. The van der Waals surface area contributed by atoms with Crippen LogP contribution in [0.25, 0.3) is 0 Å². The van der Waals surface area contributed by atoms with Gasteiger partial charge in [0.05, 0.1) is 6.29 Å². The molecule has 0 amide bonds. The van der Waals surface area contributed by atoms with Crippen molar-refractivity contribution in [1.29, 1.82) is 0 Å². The summed E-state index contributed by atoms with van der Waals surface area (Å²) in [6.07, 6.45) is 15.7. The van der Waals surface area contributed by atoms with Crippen molar-refractivity contribution in [2.45, 2.75) is 20.8 Å². The molecule has 0 fully saturated rings. The van der Waals surface area contributed by atoms with E-state index >= 15 is 0 Å². The molecule has 4 heteroatoms. The number of hydrogen-bond donors (Lipinski definition) is 1. The fourth-order valence-corrected chi connectivity index (χ4v) is 3.16. The van der Waals surface area contributed by atoms with Crippen molar-refractivity contribution in [2.24, 2.45) is 0 Å². The van der Waals surface area contributed by atoms with E-state index in [-0.39, 0.29) is 12.4 Å². The molecule has 0 aromatic rings. The average molecular weight is 335 g/mol. The molecule has 0 saturated carbocycles. The van der Waals surface area contributed by atoms with Crippen LogP contribution >= 0.6 is 7.37 Å². The molecule has 0 aliphatic heterocycles. The summed E-state index contributed by atoms with van der Waals surface area (Å²) in [7, 11) is -3.15. The van der Waals surface area contributed by atoms with Gasteiger partial charge in [0, 0.05) is 19.3 Å². The Labute approximate surface area is 141 Å². The predicted octanol–water partition coefficient (Wildman–Crippen LogP) is 4.91. The molecular formula is C19H30NO2P. The lowest BCUT2D eigenvalue weighted by Gasteiger charge is -2.25. The Morgan fingerprint density at radius 3 is 1.78 bits per heavy atom. The number of allylic oxidation sites excluding steroid dienone is 6. The summed E-state index contributed by atoms with van der Waals surface area (Å²) in [4.78, 5) is 12.0. The summed E-state index contributed by atoms with van der Waals surface area (Å²) in [6, 6.07) is 0. The minimum Gasteiger partial charge on any atom is -0.343 e. The van der Waals surface area contributed by atoms with Gasteiger partial charge in [0.25, 0.3) is 0 Å². The SMILES string of the molecule is C=C/C=C(\C=C/C)CN(CC(/C=C\C)=C/C=C)CP(=O)(O)CC. The molecule has 3 nitrogen and oxygen atoms in total. The van der Waals surface area contributed by atoms with Crippen molar-refractivity contribution in [3.05, 3.63) is 72.9 Å². The van der Waals surface area contributed by atoms with Crippen LogP contribution in [0.3, 0.4) is 0 Å². The molecule has 0 aromatic heterocycles. The summed E-state index contributed by atoms with van der Waals surface area (Å²) >= 11 is 0. The van der Waals surface area contributed by atoms with Gasteiger partial charge in [-0.1, -0.05) is 68.7 Å². The van der Waals surface area contributed by atoms with Crippen molar-refractivity contribution in [3.63, 3.8) is 0 Å². The molecule has 23 heavy (non-hydrogen) atoms. The maximum atomic E-state index is 12.2. The van der Waals surface area contributed by atoms with E-state index in [1.165, 1.54) is 0 Å². The average Bonchev–Trinajstić information content (AvgIpc) is 2.48. The molecular weight excluding hydrogens is 305 g/mol. The summed E-state index contributed by atoms with van der Waals surface area (Å²) in [6.45, 7) is 14.3. The van der Waals surface area contributed by atoms with E-state index in [0.717, 1.165) is 11.1 Å². The minimum atomic E-state index is -3.15. The Balaban J connectivity index is 5.41. The molecule has 0 rings (SSSR count). The van der Waals surface area contributed by atoms with Crippen molar-refractivity contribution < 1.29 is 9.46 Å². The van der Waals surface area contributed by atoms with Gasteiger partial charge in [-0.25, -0.2) is 0 Å². The molecule has 0 spiro atoms. The number of rotatable bonds is 11. The highest BCUT2D eigenvalue weighted by molar-refractivity contribution is 7.57. The van der Waals surface area contributed by atoms with Crippen molar-refractivity contribution in [1.82, 2.24) is 4.90 Å². The normalized spacial score (nSPS) is 16.2. The standard InChI is InChI=1S/C19H30NO2P/c1-6-11-18(12-7-2)15-20(17-23(21,22)10-5)16-19(13-8-3)14-9-4/h6-9,11-14H,1,3,10,15-17H2,2,4-5H3,(H,21,22)/b12-7-,14-9-,18-11+,19-13+. The maximum absolute atomic E-state index is 12.2. The van der Waals surface area contributed by atoms with Crippen LogP contribution in [0.15, 0.2) is 72.9 Å². The van der Waals surface area contributed by atoms with Crippen LogP contribution in [0.1, 0.15) is 20.8 Å². The third kappa shape index (κ3) is 10.1. The molecule has 0 saturated heterocycles. The van der Waals surface area contributed by atoms with E-state index in [2.05, 4.69) is 13.2 Å². The van der Waals surface area contributed by atoms with Gasteiger partial charge < -0.3 is 4.89 Å². The van der Waals surface area contributed by atoms with Crippen LogP contribution in [0.2, 0.25) is 0 Å². The van der Waals surface area contributed by atoms with Gasteiger partial charge >= 0.3 is 0 Å². The van der Waals surface area contributed by atoms with Crippen LogP contribution < -0.4 is 0 Å². The van der Waals surface area contributed by atoms with E-state index in [4.69, 9.17) is 0 Å². The Bertz CT molecular complexity index is 506. The second-order valence-corrected chi connectivity index (χ2v) is 7.85. The van der Waals surface area contributed by atoms with E-state index < -0.39 is 7.37 Å².